The zero-order valence-electron chi connectivity index (χ0n) is 11.6. The Balaban J connectivity index is 2.14. The van der Waals surface area contributed by atoms with Crippen molar-refractivity contribution >= 4 is 28.0 Å². The van der Waals surface area contributed by atoms with Gasteiger partial charge in [-0.3, -0.25) is 19.8 Å². The lowest BCUT2D eigenvalue weighted by atomic mass is 10.1. The van der Waals surface area contributed by atoms with Gasteiger partial charge in [0, 0.05) is 36.5 Å². The highest BCUT2D eigenvalue weighted by Crippen LogP contribution is 2.29. The molecule has 0 spiro atoms. The van der Waals surface area contributed by atoms with Crippen LogP contribution in [0.4, 0.5) is 17.1 Å². The molecule has 0 saturated heterocycles. The number of nitrogens with zero attached hydrogens (tertiary/aromatic N) is 4. The molecule has 3 rings (SSSR count). The Morgan fingerprint density at radius 3 is 2.81 bits per heavy atom. The van der Waals surface area contributed by atoms with Crippen LogP contribution < -0.4 is 5.32 Å². The number of nitro benzene ring substituents is 1. The molecule has 21 heavy (non-hydrogen) atoms. The topological polar surface area (TPSA) is 85.9 Å². The fourth-order valence-electron chi connectivity index (χ4n) is 2.20. The highest BCUT2D eigenvalue weighted by molar-refractivity contribution is 5.94. The van der Waals surface area contributed by atoms with Crippen LogP contribution in [0.1, 0.15) is 5.69 Å². The van der Waals surface area contributed by atoms with Crippen LogP contribution in [0.5, 0.6) is 0 Å². The zero-order chi connectivity index (χ0) is 15.0. The zero-order valence-corrected chi connectivity index (χ0v) is 11.6. The smallest absolute Gasteiger partial charge is 0.270 e. The third-order valence-corrected chi connectivity index (χ3v) is 3.12. The van der Waals surface area contributed by atoms with E-state index in [-0.39, 0.29) is 5.69 Å². The van der Waals surface area contributed by atoms with Gasteiger partial charge in [0.05, 0.1) is 28.0 Å². The van der Waals surface area contributed by atoms with Crippen LogP contribution in [-0.2, 0) is 7.05 Å². The summed E-state index contributed by atoms with van der Waals surface area (Å²) in [5.74, 6) is 0. The molecule has 0 aliphatic heterocycles. The summed E-state index contributed by atoms with van der Waals surface area (Å²) in [4.78, 5) is 14.9. The molecule has 0 atom stereocenters. The summed E-state index contributed by atoms with van der Waals surface area (Å²) in [5, 5.41) is 19.0. The number of non-ortho nitro benzene ring substituents is 1. The number of hydrogen-bond donors (Lipinski definition) is 1. The van der Waals surface area contributed by atoms with E-state index in [1.54, 1.807) is 16.9 Å². The van der Waals surface area contributed by atoms with Crippen LogP contribution in [0, 0.1) is 17.0 Å². The fourth-order valence-corrected chi connectivity index (χ4v) is 2.20. The summed E-state index contributed by atoms with van der Waals surface area (Å²) in [7, 11) is 1.83. The van der Waals surface area contributed by atoms with Crippen molar-refractivity contribution in [2.75, 3.05) is 5.32 Å². The van der Waals surface area contributed by atoms with Crippen LogP contribution in [0.2, 0.25) is 0 Å². The van der Waals surface area contributed by atoms with Crippen LogP contribution in [0.25, 0.3) is 10.9 Å². The molecule has 7 heteroatoms. The highest BCUT2D eigenvalue weighted by Gasteiger charge is 2.11. The summed E-state index contributed by atoms with van der Waals surface area (Å²) in [6.07, 6.45) is 3.53. The number of rotatable bonds is 3. The van der Waals surface area contributed by atoms with Crippen molar-refractivity contribution in [2.24, 2.45) is 7.05 Å². The molecular formula is C14H13N5O2. The van der Waals surface area contributed by atoms with E-state index >= 15 is 0 Å². The standard InChI is InChI=1S/C14H13N5O2/c1-9-5-14(17-10-7-15-18(2)8-10)12-6-11(19(20)21)3-4-13(12)16-9/h3-8H,1-2H3,(H,16,17). The molecule has 0 radical (unpaired) electrons. The van der Waals surface area contributed by atoms with Crippen molar-refractivity contribution in [2.45, 2.75) is 6.92 Å². The molecule has 0 amide bonds. The first-order chi connectivity index (χ1) is 10.0. The Kier molecular flexibility index (Phi) is 3.02. The maximum absolute atomic E-state index is 10.9. The van der Waals surface area contributed by atoms with Gasteiger partial charge in [-0.15, -0.1) is 0 Å². The number of nitro groups is 1. The van der Waals surface area contributed by atoms with E-state index in [0.29, 0.717) is 10.9 Å². The SMILES string of the molecule is Cc1cc(Nc2cnn(C)c2)c2cc([N+](=O)[O-])ccc2n1. The van der Waals surface area contributed by atoms with E-state index in [1.807, 2.05) is 26.2 Å². The van der Waals surface area contributed by atoms with Gasteiger partial charge in [0.25, 0.3) is 5.69 Å². The van der Waals surface area contributed by atoms with Gasteiger partial charge in [0.15, 0.2) is 0 Å². The largest absolute Gasteiger partial charge is 0.352 e. The van der Waals surface area contributed by atoms with Gasteiger partial charge in [-0.1, -0.05) is 0 Å². The second kappa shape index (κ2) is 4.86. The maximum Gasteiger partial charge on any atom is 0.270 e. The van der Waals surface area contributed by atoms with Crippen LogP contribution in [0.15, 0.2) is 36.7 Å². The normalized spacial score (nSPS) is 10.8. The molecule has 0 unspecified atom stereocenters. The van der Waals surface area contributed by atoms with E-state index in [4.69, 9.17) is 0 Å². The Morgan fingerprint density at radius 1 is 1.33 bits per heavy atom. The first-order valence-electron chi connectivity index (χ1n) is 6.34. The molecule has 1 aromatic carbocycles. The maximum atomic E-state index is 10.9. The minimum Gasteiger partial charge on any atom is -0.352 e. The van der Waals surface area contributed by atoms with Crippen molar-refractivity contribution in [1.29, 1.82) is 0 Å². The lowest BCUT2D eigenvalue weighted by Gasteiger charge is -2.09. The monoisotopic (exact) mass is 283 g/mol. The molecule has 0 aliphatic carbocycles. The van der Waals surface area contributed by atoms with Gasteiger partial charge in [-0.05, 0) is 19.1 Å². The number of hydrogen-bond acceptors (Lipinski definition) is 5. The second-order valence-corrected chi connectivity index (χ2v) is 4.80. The summed E-state index contributed by atoms with van der Waals surface area (Å²) in [5.41, 5.74) is 3.18. The molecule has 2 aromatic heterocycles. The number of pyridine rings is 1. The third-order valence-electron chi connectivity index (χ3n) is 3.12. The van der Waals surface area contributed by atoms with Crippen molar-refractivity contribution in [3.63, 3.8) is 0 Å². The van der Waals surface area contributed by atoms with Gasteiger partial charge < -0.3 is 5.32 Å². The lowest BCUT2D eigenvalue weighted by Crippen LogP contribution is -1.95. The molecule has 0 saturated carbocycles. The van der Waals surface area contributed by atoms with Gasteiger partial charge in [0.2, 0.25) is 0 Å². The first-order valence-corrected chi connectivity index (χ1v) is 6.34. The Morgan fingerprint density at radius 2 is 2.14 bits per heavy atom. The number of anilines is 2. The van der Waals surface area contributed by atoms with Gasteiger partial charge in [0.1, 0.15) is 0 Å². The van der Waals surface area contributed by atoms with Gasteiger partial charge >= 0.3 is 0 Å². The molecule has 3 aromatic rings. The summed E-state index contributed by atoms with van der Waals surface area (Å²) >= 11 is 0. The fraction of sp³-hybridized carbons (Fsp3) is 0.143. The molecule has 7 nitrogen and oxygen atoms in total. The molecule has 106 valence electrons. The average Bonchev–Trinajstić information content (AvgIpc) is 2.83. The summed E-state index contributed by atoms with van der Waals surface area (Å²) < 4.78 is 1.68. The van der Waals surface area contributed by atoms with E-state index in [1.165, 1.54) is 12.1 Å². The minimum atomic E-state index is -0.410. The molecular weight excluding hydrogens is 270 g/mol. The first kappa shape index (κ1) is 13.0. The van der Waals surface area contributed by atoms with Crippen molar-refractivity contribution in [3.8, 4) is 0 Å². The summed E-state index contributed by atoms with van der Waals surface area (Å²) in [6, 6.07) is 6.51. The minimum absolute atomic E-state index is 0.0439. The molecule has 2 heterocycles. The number of nitrogens with one attached hydrogen (secondary N) is 1. The van der Waals surface area contributed by atoms with E-state index in [0.717, 1.165) is 17.1 Å². The van der Waals surface area contributed by atoms with Crippen molar-refractivity contribution in [3.05, 3.63) is 52.5 Å². The number of aryl methyl sites for hydroxylation is 2. The van der Waals surface area contributed by atoms with Crippen LogP contribution in [-0.4, -0.2) is 19.7 Å². The van der Waals surface area contributed by atoms with E-state index in [9.17, 15) is 10.1 Å². The lowest BCUT2D eigenvalue weighted by molar-refractivity contribution is -0.384. The predicted octanol–water partition coefficient (Wildman–Crippen LogP) is 2.93. The molecule has 0 bridgehead atoms. The Bertz CT molecular complexity index is 840. The van der Waals surface area contributed by atoms with Gasteiger partial charge in [-0.25, -0.2) is 0 Å². The molecule has 1 N–H and O–H groups in total. The Hall–Kier alpha value is -2.96. The Labute approximate surface area is 120 Å². The second-order valence-electron chi connectivity index (χ2n) is 4.80. The number of benzene rings is 1. The van der Waals surface area contributed by atoms with Crippen LogP contribution in [0.3, 0.4) is 0 Å². The predicted molar refractivity (Wildman–Crippen MR) is 79.6 cm³/mol. The van der Waals surface area contributed by atoms with Crippen molar-refractivity contribution in [1.82, 2.24) is 14.8 Å². The van der Waals surface area contributed by atoms with E-state index < -0.39 is 4.92 Å². The molecule has 0 fully saturated rings. The summed E-state index contributed by atoms with van der Waals surface area (Å²) in [6.45, 7) is 1.88. The van der Waals surface area contributed by atoms with Gasteiger partial charge in [-0.2, -0.15) is 5.10 Å². The highest BCUT2D eigenvalue weighted by atomic mass is 16.6. The number of fused-ring (bicyclic) bond motifs is 1. The van der Waals surface area contributed by atoms with E-state index in [2.05, 4.69) is 15.4 Å². The quantitative estimate of drug-likeness (QED) is 0.590. The third kappa shape index (κ3) is 2.53. The average molecular weight is 283 g/mol. The van der Waals surface area contributed by atoms with Crippen LogP contribution >= 0.6 is 0 Å². The van der Waals surface area contributed by atoms with Crippen molar-refractivity contribution < 1.29 is 4.92 Å². The molecule has 0 aliphatic rings. The number of aromatic nitrogens is 3.